The van der Waals surface area contributed by atoms with E-state index in [9.17, 15) is 9.90 Å². The third kappa shape index (κ3) is 1.67. The van der Waals surface area contributed by atoms with Crippen molar-refractivity contribution in [2.45, 2.75) is 25.4 Å². The molecule has 0 fully saturated rings. The number of aliphatic carboxylic acids is 1. The van der Waals surface area contributed by atoms with Gasteiger partial charge in [0.05, 0.1) is 5.41 Å². The Kier molecular flexibility index (Phi) is 2.33. The minimum absolute atomic E-state index is 0.349. The summed E-state index contributed by atoms with van der Waals surface area (Å²) in [7, 11) is 0. The number of aromatic amines is 1. The number of hydrogen-bond donors (Lipinski definition) is 3. The van der Waals surface area contributed by atoms with Crippen LogP contribution in [0.2, 0.25) is 0 Å². The van der Waals surface area contributed by atoms with Crippen LogP contribution in [0.1, 0.15) is 19.7 Å². The fourth-order valence-corrected chi connectivity index (χ4v) is 0.954. The van der Waals surface area contributed by atoms with Crippen LogP contribution in [-0.4, -0.2) is 37.5 Å². The highest BCUT2D eigenvalue weighted by molar-refractivity contribution is 5.74. The minimum atomic E-state index is -1.50. The van der Waals surface area contributed by atoms with Crippen LogP contribution in [0.3, 0.4) is 0 Å². The molecule has 0 saturated heterocycles. The molecule has 1 aromatic heterocycles. The zero-order valence-electron chi connectivity index (χ0n) is 7.35. The number of carboxylic acid groups (broad SMARTS) is 1. The van der Waals surface area contributed by atoms with Gasteiger partial charge in [0, 0.05) is 0 Å². The number of carbonyl (C=O) groups is 1. The largest absolute Gasteiger partial charge is 0.479 e. The summed E-state index contributed by atoms with van der Waals surface area (Å²) in [6.07, 6.45) is -0.230. The number of nitrogens with zero attached hydrogens (tertiary/aromatic N) is 2. The van der Waals surface area contributed by atoms with E-state index >= 15 is 0 Å². The lowest BCUT2D eigenvalue weighted by atomic mass is 9.86. The van der Waals surface area contributed by atoms with Gasteiger partial charge in [0.25, 0.3) is 0 Å². The van der Waals surface area contributed by atoms with Gasteiger partial charge in [-0.05, 0) is 13.8 Å². The number of rotatable bonds is 3. The Bertz CT molecular complexity index is 294. The van der Waals surface area contributed by atoms with Crippen LogP contribution in [0.4, 0.5) is 0 Å². The van der Waals surface area contributed by atoms with Crippen molar-refractivity contribution < 1.29 is 15.0 Å². The zero-order chi connectivity index (χ0) is 10.1. The average molecular weight is 185 g/mol. The number of aromatic nitrogens is 3. The number of aliphatic hydroxyl groups excluding tert-OH is 1. The molecule has 13 heavy (non-hydrogen) atoms. The van der Waals surface area contributed by atoms with Gasteiger partial charge < -0.3 is 10.2 Å². The van der Waals surface area contributed by atoms with E-state index in [1.165, 1.54) is 6.33 Å². The maximum atomic E-state index is 10.5. The molecule has 0 saturated carbocycles. The molecule has 1 aromatic rings. The first-order valence-electron chi connectivity index (χ1n) is 3.73. The summed E-state index contributed by atoms with van der Waals surface area (Å²) < 4.78 is 0. The van der Waals surface area contributed by atoms with E-state index in [1.807, 2.05) is 0 Å². The van der Waals surface area contributed by atoms with Gasteiger partial charge in [-0.25, -0.2) is 9.78 Å². The van der Waals surface area contributed by atoms with Gasteiger partial charge in [0.1, 0.15) is 12.2 Å². The van der Waals surface area contributed by atoms with Gasteiger partial charge in [-0.3, -0.25) is 5.10 Å². The molecule has 0 aliphatic carbocycles. The second-order valence-electron chi connectivity index (χ2n) is 3.30. The van der Waals surface area contributed by atoms with Gasteiger partial charge >= 0.3 is 5.97 Å². The molecular formula is C7H11N3O3. The molecule has 0 aromatic carbocycles. The van der Waals surface area contributed by atoms with Crippen molar-refractivity contribution in [2.75, 3.05) is 0 Å². The van der Waals surface area contributed by atoms with E-state index in [4.69, 9.17) is 5.11 Å². The molecule has 1 unspecified atom stereocenters. The van der Waals surface area contributed by atoms with Crippen molar-refractivity contribution >= 4 is 5.97 Å². The van der Waals surface area contributed by atoms with Crippen molar-refractivity contribution in [3.8, 4) is 0 Å². The molecule has 0 bridgehead atoms. The normalized spacial score (nSPS) is 14.1. The Morgan fingerprint density at radius 1 is 1.69 bits per heavy atom. The summed E-state index contributed by atoms with van der Waals surface area (Å²) in [5, 5.41) is 24.1. The molecule has 72 valence electrons. The molecule has 3 N–H and O–H groups in total. The Balaban J connectivity index is 2.95. The number of nitrogens with one attached hydrogen (secondary N) is 1. The number of H-pyrrole nitrogens is 1. The van der Waals surface area contributed by atoms with Crippen molar-refractivity contribution in [2.24, 2.45) is 0 Å². The van der Waals surface area contributed by atoms with Crippen LogP contribution in [0, 0.1) is 0 Å². The second kappa shape index (κ2) is 3.14. The summed E-state index contributed by atoms with van der Waals surface area (Å²) >= 11 is 0. The van der Waals surface area contributed by atoms with Gasteiger partial charge in [-0.2, -0.15) is 5.10 Å². The fourth-order valence-electron chi connectivity index (χ4n) is 0.954. The SMILES string of the molecule is CC(C)(c1ncn[nH]1)C(O)C(=O)O. The van der Waals surface area contributed by atoms with Crippen molar-refractivity contribution in [3.05, 3.63) is 12.2 Å². The molecular weight excluding hydrogens is 174 g/mol. The highest BCUT2D eigenvalue weighted by atomic mass is 16.4. The van der Waals surface area contributed by atoms with E-state index in [-0.39, 0.29) is 0 Å². The lowest BCUT2D eigenvalue weighted by Gasteiger charge is -2.24. The zero-order valence-corrected chi connectivity index (χ0v) is 7.35. The molecule has 0 aliphatic rings. The van der Waals surface area contributed by atoms with Gasteiger partial charge in [0.15, 0.2) is 6.10 Å². The standard InChI is InChI=1S/C7H11N3O3/c1-7(2,4(11)5(12)13)6-8-3-9-10-6/h3-4,11H,1-2H3,(H,12,13)(H,8,9,10). The first kappa shape index (κ1) is 9.66. The maximum absolute atomic E-state index is 10.5. The molecule has 0 aliphatic heterocycles. The monoisotopic (exact) mass is 185 g/mol. The van der Waals surface area contributed by atoms with Crippen LogP contribution in [0.25, 0.3) is 0 Å². The van der Waals surface area contributed by atoms with Crippen LogP contribution >= 0.6 is 0 Å². The Labute approximate surface area is 74.6 Å². The van der Waals surface area contributed by atoms with Crippen molar-refractivity contribution in [1.29, 1.82) is 0 Å². The average Bonchev–Trinajstić information content (AvgIpc) is 2.54. The van der Waals surface area contributed by atoms with E-state index in [0.29, 0.717) is 5.82 Å². The van der Waals surface area contributed by atoms with Gasteiger partial charge in [0.2, 0.25) is 0 Å². The summed E-state index contributed by atoms with van der Waals surface area (Å²) in [5.41, 5.74) is -0.970. The lowest BCUT2D eigenvalue weighted by molar-refractivity contribution is -0.150. The van der Waals surface area contributed by atoms with E-state index in [2.05, 4.69) is 15.2 Å². The maximum Gasteiger partial charge on any atom is 0.333 e. The van der Waals surface area contributed by atoms with Crippen molar-refractivity contribution in [1.82, 2.24) is 15.2 Å². The van der Waals surface area contributed by atoms with Crippen LogP contribution in [0.5, 0.6) is 0 Å². The smallest absolute Gasteiger partial charge is 0.333 e. The van der Waals surface area contributed by atoms with E-state index in [0.717, 1.165) is 0 Å². The Morgan fingerprint density at radius 3 is 2.69 bits per heavy atom. The van der Waals surface area contributed by atoms with Crippen LogP contribution in [0.15, 0.2) is 6.33 Å². The number of carboxylic acids is 1. The minimum Gasteiger partial charge on any atom is -0.479 e. The summed E-state index contributed by atoms with van der Waals surface area (Å²) in [6.45, 7) is 3.15. The molecule has 0 radical (unpaired) electrons. The Hall–Kier alpha value is -1.43. The van der Waals surface area contributed by atoms with Gasteiger partial charge in [-0.1, -0.05) is 0 Å². The van der Waals surface area contributed by atoms with E-state index < -0.39 is 17.5 Å². The van der Waals surface area contributed by atoms with Crippen LogP contribution < -0.4 is 0 Å². The molecule has 1 rings (SSSR count). The molecule has 6 heteroatoms. The number of aliphatic hydroxyl groups is 1. The first-order valence-corrected chi connectivity index (χ1v) is 3.73. The lowest BCUT2D eigenvalue weighted by Crippen LogP contribution is -2.40. The summed E-state index contributed by atoms with van der Waals surface area (Å²) in [5.74, 6) is -0.927. The molecule has 0 spiro atoms. The van der Waals surface area contributed by atoms with E-state index in [1.54, 1.807) is 13.8 Å². The predicted octanol–water partition coefficient (Wildman–Crippen LogP) is -0.472. The first-order chi connectivity index (χ1) is 5.96. The highest BCUT2D eigenvalue weighted by Crippen LogP contribution is 2.23. The molecule has 0 amide bonds. The second-order valence-corrected chi connectivity index (χ2v) is 3.30. The molecule has 1 atom stereocenters. The third-order valence-electron chi connectivity index (χ3n) is 1.94. The van der Waals surface area contributed by atoms with Crippen LogP contribution in [-0.2, 0) is 10.2 Å². The third-order valence-corrected chi connectivity index (χ3v) is 1.94. The Morgan fingerprint density at radius 2 is 2.31 bits per heavy atom. The molecule has 1 heterocycles. The topological polar surface area (TPSA) is 99.1 Å². The highest BCUT2D eigenvalue weighted by Gasteiger charge is 2.37. The van der Waals surface area contributed by atoms with Crippen molar-refractivity contribution in [3.63, 3.8) is 0 Å². The molecule has 6 nitrogen and oxygen atoms in total. The predicted molar refractivity (Wildman–Crippen MR) is 43.1 cm³/mol. The fraction of sp³-hybridized carbons (Fsp3) is 0.571. The number of hydrogen-bond acceptors (Lipinski definition) is 4. The quantitative estimate of drug-likeness (QED) is 0.591. The van der Waals surface area contributed by atoms with Gasteiger partial charge in [-0.15, -0.1) is 0 Å². The summed E-state index contributed by atoms with van der Waals surface area (Å²) in [4.78, 5) is 14.3. The summed E-state index contributed by atoms with van der Waals surface area (Å²) in [6, 6.07) is 0.